The van der Waals surface area contributed by atoms with E-state index in [1.165, 1.54) is 22.6 Å². The van der Waals surface area contributed by atoms with Crippen LogP contribution in [-0.2, 0) is 32.6 Å². The van der Waals surface area contributed by atoms with Gasteiger partial charge in [-0.1, -0.05) is 26.0 Å². The predicted octanol–water partition coefficient (Wildman–Crippen LogP) is 1.03. The smallest absolute Gasteiger partial charge is 0.251 e. The summed E-state index contributed by atoms with van der Waals surface area (Å²) >= 11 is 0. The summed E-state index contributed by atoms with van der Waals surface area (Å²) < 4.78 is 33.2. The van der Waals surface area contributed by atoms with Crippen molar-refractivity contribution in [2.75, 3.05) is 44.3 Å². The summed E-state index contributed by atoms with van der Waals surface area (Å²) in [4.78, 5) is 26.8. The van der Waals surface area contributed by atoms with E-state index in [9.17, 15) is 18.0 Å². The molecule has 0 radical (unpaired) electrons. The molecule has 3 rings (SSSR count). The van der Waals surface area contributed by atoms with Crippen molar-refractivity contribution >= 4 is 21.6 Å². The van der Waals surface area contributed by atoms with E-state index in [0.29, 0.717) is 32.8 Å². The predicted molar refractivity (Wildman–Crippen MR) is 122 cm³/mol. The second kappa shape index (κ2) is 10.8. The molecule has 32 heavy (non-hydrogen) atoms. The van der Waals surface area contributed by atoms with Gasteiger partial charge in [0.15, 0.2) is 0 Å². The van der Waals surface area contributed by atoms with Crippen molar-refractivity contribution in [2.45, 2.75) is 31.8 Å². The standard InChI is InChI=1S/C22H30N4O5S/c1-3-26(4-2)32(29,30)20-9-10-22(28)25(16-20)17-21(27)23-15-18-5-7-19(8-6-18)24-11-13-31-14-12-24/h5-10,16H,3-4,11-15,17H2,1-2H3,(H,23,27). The van der Waals surface area contributed by atoms with Gasteiger partial charge in [-0.25, -0.2) is 8.42 Å². The Labute approximate surface area is 188 Å². The number of carbonyl (C=O) groups is 1. The summed E-state index contributed by atoms with van der Waals surface area (Å²) in [6.45, 7) is 7.34. The first-order chi connectivity index (χ1) is 15.3. The van der Waals surface area contributed by atoms with E-state index in [2.05, 4.69) is 10.2 Å². The molecule has 1 fully saturated rings. The minimum Gasteiger partial charge on any atom is -0.378 e. The highest BCUT2D eigenvalue weighted by molar-refractivity contribution is 7.89. The first-order valence-corrected chi connectivity index (χ1v) is 12.2. The summed E-state index contributed by atoms with van der Waals surface area (Å²) in [6.07, 6.45) is 1.23. The lowest BCUT2D eigenvalue weighted by molar-refractivity contribution is -0.121. The number of ether oxygens (including phenoxy) is 1. The van der Waals surface area contributed by atoms with E-state index in [1.807, 2.05) is 24.3 Å². The number of sulfonamides is 1. The number of nitrogens with one attached hydrogen (secondary N) is 1. The molecule has 0 bridgehead atoms. The van der Waals surface area contributed by atoms with Crippen LogP contribution in [0.5, 0.6) is 0 Å². The number of pyridine rings is 1. The lowest BCUT2D eigenvalue weighted by Crippen LogP contribution is -2.36. The molecule has 1 N–H and O–H groups in total. The van der Waals surface area contributed by atoms with Crippen molar-refractivity contribution in [1.82, 2.24) is 14.2 Å². The average Bonchev–Trinajstić information content (AvgIpc) is 2.80. The number of hydrogen-bond donors (Lipinski definition) is 1. The molecular formula is C22H30N4O5S. The van der Waals surface area contributed by atoms with Gasteiger partial charge in [0.25, 0.3) is 5.56 Å². The molecule has 1 amide bonds. The molecule has 10 heteroatoms. The number of morpholine rings is 1. The van der Waals surface area contributed by atoms with E-state index in [1.54, 1.807) is 13.8 Å². The van der Waals surface area contributed by atoms with Gasteiger partial charge in [-0.2, -0.15) is 4.31 Å². The zero-order chi connectivity index (χ0) is 23.1. The summed E-state index contributed by atoms with van der Waals surface area (Å²) in [5.41, 5.74) is 1.61. The van der Waals surface area contributed by atoms with E-state index in [0.717, 1.165) is 28.9 Å². The largest absolute Gasteiger partial charge is 0.378 e. The van der Waals surface area contributed by atoms with Gasteiger partial charge in [0.2, 0.25) is 15.9 Å². The molecule has 0 aliphatic carbocycles. The SMILES string of the molecule is CCN(CC)S(=O)(=O)c1ccc(=O)n(CC(=O)NCc2ccc(N3CCOCC3)cc2)c1. The summed E-state index contributed by atoms with van der Waals surface area (Å²) in [5, 5.41) is 2.78. The van der Waals surface area contributed by atoms with Crippen LogP contribution in [0.1, 0.15) is 19.4 Å². The second-order valence-corrected chi connectivity index (χ2v) is 9.40. The number of anilines is 1. The van der Waals surface area contributed by atoms with Crippen molar-refractivity contribution in [3.05, 3.63) is 58.5 Å². The van der Waals surface area contributed by atoms with Crippen LogP contribution < -0.4 is 15.8 Å². The van der Waals surface area contributed by atoms with Crippen LogP contribution in [0.4, 0.5) is 5.69 Å². The zero-order valence-electron chi connectivity index (χ0n) is 18.5. The summed E-state index contributed by atoms with van der Waals surface area (Å²) in [6, 6.07) is 10.4. The van der Waals surface area contributed by atoms with E-state index < -0.39 is 15.6 Å². The molecule has 1 aliphatic heterocycles. The Morgan fingerprint density at radius 1 is 1.06 bits per heavy atom. The van der Waals surface area contributed by atoms with Gasteiger partial charge in [0.05, 0.1) is 18.1 Å². The number of aromatic nitrogens is 1. The Bertz CT molecular complexity index is 1070. The van der Waals surface area contributed by atoms with Gasteiger partial charge in [0, 0.05) is 50.7 Å². The Morgan fingerprint density at radius 3 is 2.34 bits per heavy atom. The summed E-state index contributed by atoms with van der Waals surface area (Å²) in [5.74, 6) is -0.373. The fourth-order valence-corrected chi connectivity index (χ4v) is 5.03. The van der Waals surface area contributed by atoms with Crippen molar-refractivity contribution in [2.24, 2.45) is 0 Å². The van der Waals surface area contributed by atoms with Crippen LogP contribution in [-0.4, -0.2) is 62.6 Å². The molecule has 0 saturated carbocycles. The lowest BCUT2D eigenvalue weighted by Gasteiger charge is -2.28. The normalized spacial score (nSPS) is 14.5. The molecule has 0 atom stereocenters. The highest BCUT2D eigenvalue weighted by Gasteiger charge is 2.22. The van der Waals surface area contributed by atoms with Crippen LogP contribution >= 0.6 is 0 Å². The molecule has 2 heterocycles. The number of nitrogens with zero attached hydrogens (tertiary/aromatic N) is 3. The molecule has 0 unspecified atom stereocenters. The van der Waals surface area contributed by atoms with Gasteiger partial charge >= 0.3 is 0 Å². The van der Waals surface area contributed by atoms with Crippen molar-refractivity contribution in [1.29, 1.82) is 0 Å². The van der Waals surface area contributed by atoms with Gasteiger partial charge in [-0.3, -0.25) is 9.59 Å². The fourth-order valence-electron chi connectivity index (χ4n) is 3.56. The number of carbonyl (C=O) groups excluding carboxylic acids is 1. The van der Waals surface area contributed by atoms with Gasteiger partial charge < -0.3 is 19.5 Å². The van der Waals surface area contributed by atoms with Crippen LogP contribution in [0.2, 0.25) is 0 Å². The Balaban J connectivity index is 1.62. The number of hydrogen-bond acceptors (Lipinski definition) is 6. The third-order valence-electron chi connectivity index (χ3n) is 5.42. The maximum absolute atomic E-state index is 12.7. The van der Waals surface area contributed by atoms with Gasteiger partial charge in [-0.05, 0) is 23.8 Å². The second-order valence-electron chi connectivity index (χ2n) is 7.46. The maximum Gasteiger partial charge on any atom is 0.251 e. The minimum atomic E-state index is -3.71. The van der Waals surface area contributed by atoms with Crippen LogP contribution in [0.3, 0.4) is 0 Å². The van der Waals surface area contributed by atoms with Gasteiger partial charge in [-0.15, -0.1) is 0 Å². The van der Waals surface area contributed by atoms with Crippen LogP contribution in [0, 0.1) is 0 Å². The molecule has 9 nitrogen and oxygen atoms in total. The first kappa shape index (κ1) is 24.0. The monoisotopic (exact) mass is 462 g/mol. The minimum absolute atomic E-state index is 0.00713. The zero-order valence-corrected chi connectivity index (χ0v) is 19.3. The fraction of sp³-hybridized carbons (Fsp3) is 0.455. The topological polar surface area (TPSA) is 101 Å². The highest BCUT2D eigenvalue weighted by atomic mass is 32.2. The van der Waals surface area contributed by atoms with Crippen molar-refractivity contribution in [3.8, 4) is 0 Å². The molecule has 2 aromatic rings. The molecular weight excluding hydrogens is 432 g/mol. The summed E-state index contributed by atoms with van der Waals surface area (Å²) in [7, 11) is -3.71. The van der Waals surface area contributed by atoms with Crippen LogP contribution in [0.25, 0.3) is 0 Å². The number of amides is 1. The molecule has 174 valence electrons. The first-order valence-electron chi connectivity index (χ1n) is 10.7. The van der Waals surface area contributed by atoms with Crippen molar-refractivity contribution in [3.63, 3.8) is 0 Å². The Kier molecular flexibility index (Phi) is 8.05. The third kappa shape index (κ3) is 5.76. The highest BCUT2D eigenvalue weighted by Crippen LogP contribution is 2.17. The number of rotatable bonds is 9. The van der Waals surface area contributed by atoms with Gasteiger partial charge in [0.1, 0.15) is 6.54 Å². The molecule has 1 saturated heterocycles. The van der Waals surface area contributed by atoms with Crippen LogP contribution in [0.15, 0.2) is 52.3 Å². The van der Waals surface area contributed by atoms with E-state index in [4.69, 9.17) is 4.74 Å². The molecule has 1 aromatic heterocycles. The van der Waals surface area contributed by atoms with Crippen molar-refractivity contribution < 1.29 is 17.9 Å². The quantitative estimate of drug-likeness (QED) is 0.598. The Hall–Kier alpha value is -2.69. The van der Waals surface area contributed by atoms with E-state index >= 15 is 0 Å². The lowest BCUT2D eigenvalue weighted by atomic mass is 10.2. The maximum atomic E-state index is 12.7. The number of benzene rings is 1. The third-order valence-corrected chi connectivity index (χ3v) is 7.45. The average molecular weight is 463 g/mol. The molecule has 1 aromatic carbocycles. The van der Waals surface area contributed by atoms with E-state index in [-0.39, 0.29) is 17.3 Å². The molecule has 1 aliphatic rings. The molecule has 0 spiro atoms. The Morgan fingerprint density at radius 2 is 1.72 bits per heavy atom.